The molecule has 5 aromatic carbocycles. The molecule has 3 aliphatic heterocycles. The molecule has 0 aliphatic carbocycles. The first-order valence-corrected chi connectivity index (χ1v) is 21.8. The molecular weight excluding hydrogens is 710 g/mol. The normalized spacial score (nSPS) is 22.3. The van der Waals surface area contributed by atoms with Crippen LogP contribution in [0, 0.1) is 5.92 Å². The number of aryl methyl sites for hydroxylation is 1. The zero-order valence-electron chi connectivity index (χ0n) is 31.0. The number of ether oxygens (including phenoxy) is 1. The Morgan fingerprint density at radius 1 is 0.891 bits per heavy atom. The molecule has 0 bridgehead atoms. The highest BCUT2D eigenvalue weighted by molar-refractivity contribution is 6.72. The van der Waals surface area contributed by atoms with Crippen LogP contribution >= 0.6 is 0 Å². The minimum Gasteiger partial charge on any atom is -0.395 e. The van der Waals surface area contributed by atoms with E-state index in [0.29, 0.717) is 30.8 Å². The van der Waals surface area contributed by atoms with Crippen LogP contribution in [0.3, 0.4) is 0 Å². The standard InChI is InChI=1S/C44H42FN5O4Si/c1-28-41(55(2,3)45)39(23-24-48-26-36(46-47-48)34(27-51)30-11-5-4-6-12-30)54-44(28)35-16-7-8-17-37(35)49(43(44)53)25-29-19-21-32(22-20-29)50-38-18-10-14-31-13-9-15-33(40(31)38)42(50)52/h4-22,26,28,34,39,41,51H,23-25,27H2,1-3H3/t28-,34?,39+,41-,44+/m0/s1. The Labute approximate surface area is 320 Å². The minimum absolute atomic E-state index is 0.0632. The van der Waals surface area contributed by atoms with Crippen LogP contribution in [0.4, 0.5) is 21.2 Å². The van der Waals surface area contributed by atoms with Gasteiger partial charge in [-0.1, -0.05) is 97.1 Å². The van der Waals surface area contributed by atoms with Crippen molar-refractivity contribution in [3.63, 3.8) is 0 Å². The van der Waals surface area contributed by atoms with Crippen molar-refractivity contribution in [3.05, 3.63) is 149 Å². The van der Waals surface area contributed by atoms with Crippen molar-refractivity contribution in [3.8, 4) is 0 Å². The topological polar surface area (TPSA) is 101 Å². The molecule has 4 heterocycles. The Morgan fingerprint density at radius 2 is 1.60 bits per heavy atom. The molecule has 3 aliphatic rings. The van der Waals surface area contributed by atoms with Crippen LogP contribution in [0.5, 0.6) is 0 Å². The second kappa shape index (κ2) is 13.4. The maximum Gasteiger partial charge on any atom is 0.264 e. The lowest BCUT2D eigenvalue weighted by atomic mass is 9.82. The number of hydrogen-bond donors (Lipinski definition) is 1. The van der Waals surface area contributed by atoms with Gasteiger partial charge in [-0.3, -0.25) is 19.2 Å². The van der Waals surface area contributed by atoms with Crippen molar-refractivity contribution >= 4 is 48.1 Å². The Hall–Kier alpha value is -5.49. The molecule has 11 heteroatoms. The van der Waals surface area contributed by atoms with Gasteiger partial charge in [-0.2, -0.15) is 0 Å². The van der Waals surface area contributed by atoms with E-state index in [4.69, 9.17) is 4.74 Å². The number of benzene rings is 5. The highest BCUT2D eigenvalue weighted by Gasteiger charge is 2.66. The summed E-state index contributed by atoms with van der Waals surface area (Å²) in [5.74, 6) is -0.981. The van der Waals surface area contributed by atoms with Gasteiger partial charge in [0, 0.05) is 40.8 Å². The molecule has 1 N–H and O–H groups in total. The zero-order valence-corrected chi connectivity index (χ0v) is 32.0. The van der Waals surface area contributed by atoms with E-state index in [1.807, 2.05) is 128 Å². The number of carbonyl (C=O) groups excluding carboxylic acids is 2. The number of nitrogens with zero attached hydrogens (tertiary/aromatic N) is 5. The van der Waals surface area contributed by atoms with E-state index < -0.39 is 31.6 Å². The average Bonchev–Trinajstić information content (AvgIpc) is 3.92. The summed E-state index contributed by atoms with van der Waals surface area (Å²) in [4.78, 5) is 32.0. The van der Waals surface area contributed by atoms with Gasteiger partial charge in [0.05, 0.1) is 47.8 Å². The number of aromatic nitrogens is 3. The monoisotopic (exact) mass is 751 g/mol. The molecule has 5 atom stereocenters. The summed E-state index contributed by atoms with van der Waals surface area (Å²) in [6, 6.07) is 36.9. The van der Waals surface area contributed by atoms with Crippen LogP contribution in [0.15, 0.2) is 121 Å². The molecule has 2 amide bonds. The van der Waals surface area contributed by atoms with Gasteiger partial charge in [-0.05, 0) is 66.4 Å². The molecule has 278 valence electrons. The highest BCUT2D eigenvalue weighted by Crippen LogP contribution is 2.60. The lowest BCUT2D eigenvalue weighted by molar-refractivity contribution is -0.146. The third-order valence-corrected chi connectivity index (χ3v) is 14.4. The number of para-hydroxylation sites is 1. The quantitative estimate of drug-likeness (QED) is 0.112. The first-order chi connectivity index (χ1) is 26.6. The average molecular weight is 752 g/mol. The lowest BCUT2D eigenvalue weighted by Crippen LogP contribution is -2.45. The molecule has 1 spiro atoms. The SMILES string of the molecule is C[C@H]1[C@H]([Si](C)(C)F)[C@@H](CCn2cc(C(CO)c3ccccc3)nn2)O[C@]12C(=O)N(Cc1ccc(N3C(=O)c4cccc5cccc3c45)cc1)c1ccccc12. The number of fused-ring (bicyclic) bond motifs is 2. The number of anilines is 3. The van der Waals surface area contributed by atoms with Crippen molar-refractivity contribution in [2.75, 3.05) is 16.4 Å². The summed E-state index contributed by atoms with van der Waals surface area (Å²) < 4.78 is 25.1. The van der Waals surface area contributed by atoms with Gasteiger partial charge in [0.15, 0.2) is 5.60 Å². The number of aliphatic hydroxyl groups excluding tert-OH is 1. The molecule has 6 aromatic rings. The number of hydrogen-bond acceptors (Lipinski definition) is 6. The van der Waals surface area contributed by atoms with Gasteiger partial charge in [-0.25, -0.2) is 0 Å². The van der Waals surface area contributed by atoms with Crippen LogP contribution in [0.25, 0.3) is 10.8 Å². The van der Waals surface area contributed by atoms with Crippen molar-refractivity contribution in [1.29, 1.82) is 0 Å². The molecule has 1 aromatic heterocycles. The van der Waals surface area contributed by atoms with E-state index in [-0.39, 0.29) is 24.3 Å². The van der Waals surface area contributed by atoms with Crippen LogP contribution in [-0.4, -0.2) is 53.0 Å². The molecule has 1 saturated heterocycles. The van der Waals surface area contributed by atoms with Gasteiger partial charge in [0.2, 0.25) is 8.41 Å². The Morgan fingerprint density at radius 3 is 2.35 bits per heavy atom. The van der Waals surface area contributed by atoms with Gasteiger partial charge < -0.3 is 18.9 Å². The number of carbonyl (C=O) groups is 2. The largest absolute Gasteiger partial charge is 0.395 e. The number of amides is 2. The summed E-state index contributed by atoms with van der Waals surface area (Å²) >= 11 is 0. The first kappa shape index (κ1) is 35.2. The predicted molar refractivity (Wildman–Crippen MR) is 213 cm³/mol. The minimum atomic E-state index is -3.36. The van der Waals surface area contributed by atoms with Gasteiger partial charge >= 0.3 is 0 Å². The molecule has 0 radical (unpaired) electrons. The fraction of sp³-hybridized carbons (Fsp3) is 0.273. The summed E-state index contributed by atoms with van der Waals surface area (Å²) in [5, 5.41) is 20.9. The molecule has 9 nitrogen and oxygen atoms in total. The number of halogens is 1. The summed E-state index contributed by atoms with van der Waals surface area (Å²) in [5.41, 5.74) is 4.53. The predicted octanol–water partition coefficient (Wildman–Crippen LogP) is 8.26. The number of aliphatic hydroxyl groups is 1. The van der Waals surface area contributed by atoms with E-state index in [1.54, 1.807) is 27.6 Å². The molecule has 1 unspecified atom stereocenters. The molecule has 55 heavy (non-hydrogen) atoms. The van der Waals surface area contributed by atoms with Crippen LogP contribution in [-0.2, 0) is 28.2 Å². The van der Waals surface area contributed by atoms with Crippen molar-refractivity contribution in [2.24, 2.45) is 5.92 Å². The summed E-state index contributed by atoms with van der Waals surface area (Å²) in [6.45, 7) is 5.98. The maximum absolute atomic E-state index is 16.4. The van der Waals surface area contributed by atoms with Crippen molar-refractivity contribution in [1.82, 2.24) is 15.0 Å². The van der Waals surface area contributed by atoms with Gasteiger partial charge in [0.1, 0.15) is 0 Å². The fourth-order valence-corrected chi connectivity index (χ4v) is 12.0. The third-order valence-electron chi connectivity index (χ3n) is 11.9. The summed E-state index contributed by atoms with van der Waals surface area (Å²) in [7, 11) is -3.36. The molecule has 9 rings (SSSR count). The van der Waals surface area contributed by atoms with Crippen LogP contribution < -0.4 is 9.80 Å². The Kier molecular flexibility index (Phi) is 8.56. The second-order valence-corrected chi connectivity index (χ2v) is 19.3. The van der Waals surface area contributed by atoms with E-state index >= 15 is 4.11 Å². The Balaban J connectivity index is 0.970. The van der Waals surface area contributed by atoms with E-state index in [0.717, 1.165) is 44.5 Å². The summed E-state index contributed by atoms with van der Waals surface area (Å²) in [6.07, 6.45) is 1.75. The van der Waals surface area contributed by atoms with Crippen molar-refractivity contribution < 1.29 is 23.5 Å². The Bertz CT molecular complexity index is 2430. The van der Waals surface area contributed by atoms with Crippen LogP contribution in [0.2, 0.25) is 18.6 Å². The van der Waals surface area contributed by atoms with Gasteiger partial charge in [-0.15, -0.1) is 5.10 Å². The zero-order chi connectivity index (χ0) is 38.1. The van der Waals surface area contributed by atoms with E-state index in [2.05, 4.69) is 10.3 Å². The highest BCUT2D eigenvalue weighted by atomic mass is 28.4. The maximum atomic E-state index is 16.4. The van der Waals surface area contributed by atoms with E-state index in [1.165, 1.54) is 0 Å². The lowest BCUT2D eigenvalue weighted by Gasteiger charge is -2.31. The smallest absolute Gasteiger partial charge is 0.264 e. The van der Waals surface area contributed by atoms with E-state index in [9.17, 15) is 14.7 Å². The van der Waals surface area contributed by atoms with Crippen molar-refractivity contribution in [2.45, 2.75) is 62.7 Å². The molecule has 0 saturated carbocycles. The van der Waals surface area contributed by atoms with Gasteiger partial charge in [0.25, 0.3) is 11.8 Å². The third kappa shape index (κ3) is 5.63. The molecule has 1 fully saturated rings. The fourth-order valence-electron chi connectivity index (χ4n) is 9.43. The number of rotatable bonds is 10. The second-order valence-electron chi connectivity index (χ2n) is 15.5. The van der Waals surface area contributed by atoms with Crippen LogP contribution in [0.1, 0.15) is 52.0 Å². The first-order valence-electron chi connectivity index (χ1n) is 18.9. The molecular formula is C44H42FN5O4Si.